The number of esters is 3. The minimum Gasteiger partial charge on any atom is -0.479 e. The average Bonchev–Trinajstić information content (AvgIpc) is 1.20. The Bertz CT molecular complexity index is 4040. The number of carbonyl (C=O) groups is 4. The molecule has 0 radical (unpaired) electrons. The number of fused-ring (bicyclic) bond motifs is 7. The largest absolute Gasteiger partial charge is 0.479 e. The average molecular weight is 1980 g/mol. The lowest BCUT2D eigenvalue weighted by Crippen LogP contribution is -2.69. The molecular formula is C92H150O45. The number of carboxylic acid groups (broad SMARTS) is 1. The molecule has 0 aromatic heterocycles. The van der Waals surface area contributed by atoms with Gasteiger partial charge in [0.25, 0.3) is 0 Å². The molecule has 8 heterocycles. The molecule has 0 spiro atoms. The van der Waals surface area contributed by atoms with E-state index >= 15 is 4.79 Å². The molecule has 8 aliphatic heterocycles. The minimum absolute atomic E-state index is 0.00837. The van der Waals surface area contributed by atoms with Gasteiger partial charge in [0.05, 0.1) is 95.2 Å². The Hall–Kier alpha value is -3.86. The van der Waals surface area contributed by atoms with Crippen molar-refractivity contribution < 1.29 is 222 Å². The number of ether oxygens (including phenoxy) is 18. The van der Waals surface area contributed by atoms with E-state index in [2.05, 4.69) is 40.7 Å². The highest BCUT2D eigenvalue weighted by molar-refractivity contribution is 5.80. The number of rotatable bonds is 34. The zero-order chi connectivity index (χ0) is 101. The molecular weight excluding hydrogens is 1820 g/mol. The van der Waals surface area contributed by atoms with E-state index < -0.39 is 372 Å². The van der Waals surface area contributed by atoms with Gasteiger partial charge >= 0.3 is 23.9 Å². The maximum Gasteiger partial charge on any atom is 0.335 e. The SMILES string of the molecule is CC[C@H](C)[C@H](C[C@H](O)CC(=O)O[C@@H]1[C@H](O)[C@@H](O[C@@H]2O[C@@H](C)[C@H](O[C@@H]3OC[C@@H](O)[C@H](O[C@@H]4OC[C@](O)(CO)[C@H]4O)[C@H]3O)[C@@H](O)[C@H]2O)[C@H](OC(=O)[C@]23CCC(C)(C)C[C@H]2C2=CC[C@@H]4[C@@]5(C)CC[C@H](O[C@@H]6O[C@H](C(=O)O)[C@@H](O)[C@H](O[C@@H]7OC[C@@H](O)[C@H](O)[C@H]7O)[C@H]6O[C@@H]6O[C@H](CO)[C@H](O)[C@H](O)[C@H]6O)C(C)(C)[C@@H]5CC[C@@]4(C)[C@]2(C)C[C@H]3O)O[C@@H]1C)OC(=O)C[C@@H](O)C[C@H](O[C@@H]1O[C@@H](CO)[C@H](O)[C@H]1O)[C@@H](C)CC. The fraction of sp³-hybridized carbons (Fsp3) is 0.935. The second kappa shape index (κ2) is 43.7. The summed E-state index contributed by atoms with van der Waals surface area (Å²) >= 11 is 0. The zero-order valence-electron chi connectivity index (χ0n) is 79.7. The van der Waals surface area contributed by atoms with E-state index in [0.29, 0.717) is 51.4 Å². The zero-order valence-corrected chi connectivity index (χ0v) is 79.7. The highest BCUT2D eigenvalue weighted by Gasteiger charge is 2.73. The van der Waals surface area contributed by atoms with Crippen molar-refractivity contribution in [2.75, 3.05) is 39.6 Å². The number of hydrogen-bond donors (Lipinski definition) is 23. The quantitative estimate of drug-likeness (QED) is 0.0124. The second-order valence-corrected chi connectivity index (χ2v) is 42.9. The molecule has 50 atom stereocenters. The van der Waals surface area contributed by atoms with Crippen molar-refractivity contribution in [1.82, 2.24) is 0 Å². The van der Waals surface area contributed by atoms with Crippen LogP contribution in [0.4, 0.5) is 0 Å². The lowest BCUT2D eigenvalue weighted by Gasteiger charge is -2.72. The highest BCUT2D eigenvalue weighted by atomic mass is 16.8. The van der Waals surface area contributed by atoms with Gasteiger partial charge in [-0.25, -0.2) is 4.79 Å². The smallest absolute Gasteiger partial charge is 0.335 e. The van der Waals surface area contributed by atoms with Gasteiger partial charge in [0.2, 0.25) is 6.29 Å². The van der Waals surface area contributed by atoms with Gasteiger partial charge in [0, 0.05) is 12.8 Å². The minimum atomic E-state index is -2.20. The Morgan fingerprint density at radius 3 is 1.67 bits per heavy atom. The van der Waals surface area contributed by atoms with Gasteiger partial charge in [-0.1, -0.05) is 101 Å². The van der Waals surface area contributed by atoms with E-state index in [1.165, 1.54) is 13.8 Å². The van der Waals surface area contributed by atoms with Crippen LogP contribution in [0.3, 0.4) is 0 Å². The van der Waals surface area contributed by atoms with Crippen LogP contribution in [0.25, 0.3) is 0 Å². The maximum absolute atomic E-state index is 16.4. The van der Waals surface area contributed by atoms with Crippen molar-refractivity contribution in [2.45, 2.75) is 438 Å². The third-order valence-corrected chi connectivity index (χ3v) is 33.3. The summed E-state index contributed by atoms with van der Waals surface area (Å²) in [5, 5.41) is 256. The van der Waals surface area contributed by atoms with Crippen molar-refractivity contribution in [2.24, 2.45) is 62.1 Å². The summed E-state index contributed by atoms with van der Waals surface area (Å²) in [4.78, 5) is 57.6. The molecule has 45 nitrogen and oxygen atoms in total. The monoisotopic (exact) mass is 1970 g/mol. The Morgan fingerprint density at radius 2 is 1.04 bits per heavy atom. The molecule has 12 fully saturated rings. The van der Waals surface area contributed by atoms with Crippen LogP contribution in [0.2, 0.25) is 0 Å². The van der Waals surface area contributed by atoms with Gasteiger partial charge in [-0.2, -0.15) is 0 Å². The molecule has 13 aliphatic rings. The lowest BCUT2D eigenvalue weighted by atomic mass is 9.33. The Labute approximate surface area is 793 Å². The highest BCUT2D eigenvalue weighted by Crippen LogP contribution is 2.76. The first-order valence-corrected chi connectivity index (χ1v) is 48.3. The summed E-state index contributed by atoms with van der Waals surface area (Å²) in [7, 11) is 0. The number of hydrogen-bond acceptors (Lipinski definition) is 44. The molecule has 788 valence electrons. The van der Waals surface area contributed by atoms with E-state index in [-0.39, 0.29) is 49.9 Å². The summed E-state index contributed by atoms with van der Waals surface area (Å²) < 4.78 is 109. The van der Waals surface area contributed by atoms with Gasteiger partial charge in [0.1, 0.15) is 145 Å². The van der Waals surface area contributed by atoms with Gasteiger partial charge in [-0.05, 0) is 128 Å². The normalized spacial score (nSPS) is 48.3. The van der Waals surface area contributed by atoms with Gasteiger partial charge in [-0.3, -0.25) is 14.4 Å². The van der Waals surface area contributed by atoms with Crippen molar-refractivity contribution in [1.29, 1.82) is 0 Å². The molecule has 13 rings (SSSR count). The van der Waals surface area contributed by atoms with Crippen LogP contribution < -0.4 is 0 Å². The number of aliphatic hydroxyl groups excluding tert-OH is 21. The van der Waals surface area contributed by atoms with Crippen molar-refractivity contribution in [3.05, 3.63) is 11.6 Å². The number of aliphatic carboxylic acids is 1. The molecule has 45 heteroatoms. The lowest BCUT2D eigenvalue weighted by molar-refractivity contribution is -0.392. The fourth-order valence-electron chi connectivity index (χ4n) is 24.3. The molecule has 4 saturated carbocycles. The molecule has 0 aromatic rings. The number of allylic oxidation sites excluding steroid dienone is 2. The second-order valence-electron chi connectivity index (χ2n) is 42.9. The van der Waals surface area contributed by atoms with Crippen LogP contribution in [0.1, 0.15) is 186 Å². The first-order chi connectivity index (χ1) is 64.2. The Morgan fingerprint density at radius 1 is 0.489 bits per heavy atom. The van der Waals surface area contributed by atoms with Gasteiger partial charge < -0.3 is 203 Å². The van der Waals surface area contributed by atoms with Crippen molar-refractivity contribution in [3.8, 4) is 0 Å². The number of carboxylic acids is 1. The van der Waals surface area contributed by atoms with Crippen LogP contribution >= 0.6 is 0 Å². The number of aliphatic hydroxyl groups is 22. The van der Waals surface area contributed by atoms with E-state index in [4.69, 9.17) is 85.3 Å². The summed E-state index contributed by atoms with van der Waals surface area (Å²) in [6, 6.07) is 0. The molecule has 0 bridgehead atoms. The molecule has 0 aromatic carbocycles. The molecule has 5 aliphatic carbocycles. The fourth-order valence-corrected chi connectivity index (χ4v) is 24.3. The predicted octanol–water partition coefficient (Wildman–Crippen LogP) is -4.86. The van der Waals surface area contributed by atoms with E-state index in [1.54, 1.807) is 13.8 Å². The number of carbonyl (C=O) groups excluding carboxylic acids is 3. The molecule has 23 N–H and O–H groups in total. The Balaban J connectivity index is 0.743. The summed E-state index contributed by atoms with van der Waals surface area (Å²) in [6.07, 6.45) is -64.4. The maximum atomic E-state index is 16.4. The van der Waals surface area contributed by atoms with Crippen molar-refractivity contribution in [3.63, 3.8) is 0 Å². The van der Waals surface area contributed by atoms with E-state index in [1.807, 2.05) is 27.7 Å². The summed E-state index contributed by atoms with van der Waals surface area (Å²) in [6.45, 7) is 20.4. The molecule has 0 unspecified atom stereocenters. The third kappa shape index (κ3) is 21.6. The van der Waals surface area contributed by atoms with Crippen molar-refractivity contribution >= 4 is 23.9 Å². The summed E-state index contributed by atoms with van der Waals surface area (Å²) in [5.74, 6) is -6.54. The molecule has 0 amide bonds. The van der Waals surface area contributed by atoms with E-state index in [0.717, 1.165) is 5.57 Å². The van der Waals surface area contributed by atoms with Crippen LogP contribution in [-0.4, -0.2) is 432 Å². The molecule has 8 saturated heterocycles. The van der Waals surface area contributed by atoms with E-state index in [9.17, 15) is 132 Å². The Kier molecular flexibility index (Phi) is 35.2. The standard InChI is InChI=1S/C92H150O45/c1-14-36(3)46(125-54(101)26-41(97)25-47(37(4)15-2)126-80-62(109)58(105)49(31-94)127-80)24-40(96)27-55(102)130-69-39(6)124-82(73(65(69)112)135-79-64(111)60(107)68(38(5)123-79)131-78-67(114)70(45(99)33-121-78)132-84-75(115)91(119,34-95)35-122-84)137-85(118)92-23-22-86(7,8)28-43(92)42-16-17-51-88(11)20-19-53(87(9,10)50(88)18-21-89(51,12)90(42,13)29-52(92)100)129-83-74(136-81-63(110)59(106)57(104)48(30-93)128-81)71(66(113)72(134-83)76(116)117)133-77-61(108)56(103)44(98)32-120-77/h16,36-41,43-53,56-75,77-84,93-100,103-115,119H,14-15,17-35H2,1-13H3,(H,116,117)/t36-,37-,38-,39+,40-,41-,43-,44+,45+,46-,47-,48+,49-,50-,51+,52+,53-,56-,57-,58-,59-,60-,61+,62+,63+,64+,65-,66-,67+,68-,69-,70-,71-,72-,73+,74+,75-,77-,78-,79-,80+,81-,82-,83+,84-,88-,89+,90+,91+,92+/m0/s1. The van der Waals surface area contributed by atoms with Crippen LogP contribution in [0.15, 0.2) is 11.6 Å². The first kappa shape index (κ1) is 110. The van der Waals surface area contributed by atoms with Crippen LogP contribution in [0.5, 0.6) is 0 Å². The summed E-state index contributed by atoms with van der Waals surface area (Å²) in [5.41, 5.74) is -6.46. The molecule has 137 heavy (non-hydrogen) atoms. The van der Waals surface area contributed by atoms with Crippen LogP contribution in [0, 0.1) is 62.1 Å². The first-order valence-electron chi connectivity index (χ1n) is 48.3. The van der Waals surface area contributed by atoms with Gasteiger partial charge in [-0.15, -0.1) is 0 Å². The van der Waals surface area contributed by atoms with Gasteiger partial charge in [0.15, 0.2) is 62.3 Å². The van der Waals surface area contributed by atoms with Crippen LogP contribution in [-0.2, 0) is 104 Å². The predicted molar refractivity (Wildman–Crippen MR) is 458 cm³/mol. The topological polar surface area (TPSA) is 700 Å². The third-order valence-electron chi connectivity index (χ3n) is 33.3.